The van der Waals surface area contributed by atoms with Gasteiger partial charge in [0, 0.05) is 6.54 Å². The highest BCUT2D eigenvalue weighted by Gasteiger charge is 2.21. The molecule has 6 nitrogen and oxygen atoms in total. The zero-order chi connectivity index (χ0) is 13.5. The molecule has 2 amide bonds. The first-order valence-corrected chi connectivity index (χ1v) is 5.65. The average molecular weight is 245 g/mol. The number of carbonyl (C=O) groups excluding carboxylic acids is 2. The molecule has 0 bridgehead atoms. The van der Waals surface area contributed by atoms with Crippen molar-refractivity contribution in [2.75, 3.05) is 33.3 Å². The van der Waals surface area contributed by atoms with Crippen molar-refractivity contribution in [2.24, 2.45) is 11.1 Å². The molecule has 0 aliphatic carbocycles. The maximum absolute atomic E-state index is 11.5. The number of alkyl carbamates (subject to hydrolysis) is 1. The van der Waals surface area contributed by atoms with Crippen LogP contribution in [-0.2, 0) is 9.53 Å². The van der Waals surface area contributed by atoms with Crippen LogP contribution < -0.4 is 11.1 Å². The fourth-order valence-corrected chi connectivity index (χ4v) is 1.36. The zero-order valence-electron chi connectivity index (χ0n) is 11.1. The molecule has 0 aromatic carbocycles. The highest BCUT2D eigenvalue weighted by Crippen LogP contribution is 2.14. The minimum absolute atomic E-state index is 0.0540. The summed E-state index contributed by atoms with van der Waals surface area (Å²) in [5, 5.41) is 2.13. The van der Waals surface area contributed by atoms with Crippen LogP contribution in [0, 0.1) is 5.41 Å². The van der Waals surface area contributed by atoms with Gasteiger partial charge in [-0.25, -0.2) is 4.79 Å². The molecule has 0 atom stereocenters. The summed E-state index contributed by atoms with van der Waals surface area (Å²) in [6, 6.07) is 0. The molecule has 0 aliphatic rings. The lowest BCUT2D eigenvalue weighted by atomic mass is 9.93. The predicted octanol–water partition coefficient (Wildman–Crippen LogP) is 0.176. The Bertz CT molecular complexity index is 267. The summed E-state index contributed by atoms with van der Waals surface area (Å²) >= 11 is 0. The summed E-state index contributed by atoms with van der Waals surface area (Å²) in [5.74, 6) is -0.369. The maximum Gasteiger partial charge on any atom is 0.413 e. The summed E-state index contributed by atoms with van der Waals surface area (Å²) < 4.78 is 4.35. The highest BCUT2D eigenvalue weighted by molar-refractivity contribution is 5.92. The number of nitrogens with one attached hydrogen (secondary N) is 1. The van der Waals surface area contributed by atoms with Crippen molar-refractivity contribution >= 4 is 12.0 Å². The van der Waals surface area contributed by atoms with Crippen molar-refractivity contribution in [2.45, 2.75) is 20.8 Å². The minimum Gasteiger partial charge on any atom is -0.453 e. The number of nitrogens with two attached hydrogens (primary N) is 1. The van der Waals surface area contributed by atoms with Crippen molar-refractivity contribution < 1.29 is 14.3 Å². The first-order valence-electron chi connectivity index (χ1n) is 5.65. The van der Waals surface area contributed by atoms with Gasteiger partial charge in [0.2, 0.25) is 5.91 Å². The third kappa shape index (κ3) is 6.91. The Morgan fingerprint density at radius 2 is 2.00 bits per heavy atom. The van der Waals surface area contributed by atoms with Gasteiger partial charge in [-0.15, -0.1) is 0 Å². The Balaban J connectivity index is 4.22. The summed E-state index contributed by atoms with van der Waals surface area (Å²) in [5.41, 5.74) is 5.59. The molecule has 0 fully saturated rings. The van der Waals surface area contributed by atoms with Gasteiger partial charge in [0.1, 0.15) is 0 Å². The van der Waals surface area contributed by atoms with Gasteiger partial charge < -0.3 is 10.5 Å². The molecule has 0 saturated carbocycles. The molecule has 0 saturated heterocycles. The molecule has 6 heteroatoms. The number of nitrogens with zero attached hydrogens (tertiary/aromatic N) is 1. The third-order valence-electron chi connectivity index (χ3n) is 2.45. The van der Waals surface area contributed by atoms with Crippen molar-refractivity contribution in [1.29, 1.82) is 0 Å². The van der Waals surface area contributed by atoms with E-state index in [1.807, 2.05) is 25.7 Å². The number of rotatable bonds is 6. The van der Waals surface area contributed by atoms with Crippen molar-refractivity contribution in [1.82, 2.24) is 10.2 Å². The van der Waals surface area contributed by atoms with Crippen LogP contribution in [0.15, 0.2) is 0 Å². The van der Waals surface area contributed by atoms with Crippen LogP contribution in [0.4, 0.5) is 4.79 Å². The van der Waals surface area contributed by atoms with Crippen molar-refractivity contribution in [3.8, 4) is 0 Å². The molecule has 0 rings (SSSR count). The summed E-state index contributed by atoms with van der Waals surface area (Å²) in [7, 11) is 1.22. The van der Waals surface area contributed by atoms with Crippen LogP contribution in [-0.4, -0.2) is 50.2 Å². The van der Waals surface area contributed by atoms with E-state index in [0.29, 0.717) is 13.1 Å². The topological polar surface area (TPSA) is 84.7 Å². The number of hydrogen-bond acceptors (Lipinski definition) is 5. The monoisotopic (exact) mass is 245 g/mol. The van der Waals surface area contributed by atoms with Crippen LogP contribution in [0.25, 0.3) is 0 Å². The zero-order valence-corrected chi connectivity index (χ0v) is 11.1. The standard InChI is InChI=1S/C11H23N3O3/c1-5-14(8-11(2,3)7-12)6-9(15)13-10(16)17-4/h5-8,12H2,1-4H3,(H,13,15,16). The first-order chi connectivity index (χ1) is 7.84. The third-order valence-corrected chi connectivity index (χ3v) is 2.45. The van der Waals surface area contributed by atoms with E-state index >= 15 is 0 Å². The lowest BCUT2D eigenvalue weighted by Gasteiger charge is -2.30. The first kappa shape index (κ1) is 15.9. The Morgan fingerprint density at radius 3 is 2.41 bits per heavy atom. The Morgan fingerprint density at radius 1 is 1.41 bits per heavy atom. The van der Waals surface area contributed by atoms with Crippen LogP contribution in [0.1, 0.15) is 20.8 Å². The Labute approximate surface area is 102 Å². The van der Waals surface area contributed by atoms with E-state index < -0.39 is 6.09 Å². The van der Waals surface area contributed by atoms with Gasteiger partial charge in [0.25, 0.3) is 0 Å². The molecular formula is C11H23N3O3. The number of amides is 2. The second-order valence-corrected chi connectivity index (χ2v) is 4.71. The highest BCUT2D eigenvalue weighted by atomic mass is 16.5. The fraction of sp³-hybridized carbons (Fsp3) is 0.818. The number of hydrogen-bond donors (Lipinski definition) is 2. The quantitative estimate of drug-likeness (QED) is 0.697. The van der Waals surface area contributed by atoms with E-state index in [-0.39, 0.29) is 17.9 Å². The Hall–Kier alpha value is -1.14. The largest absolute Gasteiger partial charge is 0.453 e. The second-order valence-electron chi connectivity index (χ2n) is 4.71. The van der Waals surface area contributed by atoms with Gasteiger partial charge in [-0.1, -0.05) is 20.8 Å². The van der Waals surface area contributed by atoms with Gasteiger partial charge in [0.15, 0.2) is 0 Å². The molecule has 0 heterocycles. The Kier molecular flexibility index (Phi) is 6.75. The van der Waals surface area contributed by atoms with Gasteiger partial charge in [-0.05, 0) is 18.5 Å². The molecule has 0 aromatic heterocycles. The van der Waals surface area contributed by atoms with Crippen LogP contribution in [0.5, 0.6) is 0 Å². The molecule has 0 aromatic rings. The van der Waals surface area contributed by atoms with Gasteiger partial charge in [0.05, 0.1) is 13.7 Å². The number of likely N-dealkylation sites (N-methyl/N-ethyl adjacent to an activating group) is 1. The second kappa shape index (κ2) is 7.24. The van der Waals surface area contributed by atoms with Crippen LogP contribution >= 0.6 is 0 Å². The van der Waals surface area contributed by atoms with Gasteiger partial charge >= 0.3 is 6.09 Å². The fourth-order valence-electron chi connectivity index (χ4n) is 1.36. The van der Waals surface area contributed by atoms with E-state index in [0.717, 1.165) is 6.54 Å². The minimum atomic E-state index is -0.732. The van der Waals surface area contributed by atoms with Crippen LogP contribution in [0.3, 0.4) is 0 Å². The SMILES string of the molecule is CCN(CC(=O)NC(=O)OC)CC(C)(C)CN. The van der Waals surface area contributed by atoms with Crippen molar-refractivity contribution in [3.63, 3.8) is 0 Å². The summed E-state index contributed by atoms with van der Waals surface area (Å²) in [4.78, 5) is 24.2. The predicted molar refractivity (Wildman–Crippen MR) is 65.5 cm³/mol. The average Bonchev–Trinajstić information content (AvgIpc) is 2.27. The molecule has 0 spiro atoms. The van der Waals surface area contributed by atoms with E-state index in [4.69, 9.17) is 5.73 Å². The van der Waals surface area contributed by atoms with E-state index in [9.17, 15) is 9.59 Å². The smallest absolute Gasteiger partial charge is 0.413 e. The van der Waals surface area contributed by atoms with Crippen LogP contribution in [0.2, 0.25) is 0 Å². The summed E-state index contributed by atoms with van der Waals surface area (Å²) in [6.45, 7) is 8.16. The molecule has 100 valence electrons. The van der Waals surface area contributed by atoms with E-state index in [1.165, 1.54) is 7.11 Å². The summed E-state index contributed by atoms with van der Waals surface area (Å²) in [6.07, 6.45) is -0.732. The molecule has 17 heavy (non-hydrogen) atoms. The molecule has 0 radical (unpaired) electrons. The number of carbonyl (C=O) groups is 2. The van der Waals surface area contributed by atoms with Crippen molar-refractivity contribution in [3.05, 3.63) is 0 Å². The molecular weight excluding hydrogens is 222 g/mol. The maximum atomic E-state index is 11.5. The molecule has 0 unspecified atom stereocenters. The van der Waals surface area contributed by atoms with Gasteiger partial charge in [-0.3, -0.25) is 15.0 Å². The number of methoxy groups -OCH3 is 1. The molecule has 3 N–H and O–H groups in total. The van der Waals surface area contributed by atoms with E-state index in [2.05, 4.69) is 10.1 Å². The normalized spacial score (nSPS) is 11.4. The van der Waals surface area contributed by atoms with Gasteiger partial charge in [-0.2, -0.15) is 0 Å². The van der Waals surface area contributed by atoms with E-state index in [1.54, 1.807) is 0 Å². The lowest BCUT2D eigenvalue weighted by molar-refractivity contribution is -0.121. The molecule has 0 aliphatic heterocycles. The number of ether oxygens (including phenoxy) is 1. The lowest BCUT2D eigenvalue weighted by Crippen LogP contribution is -2.44. The number of imide groups is 1.